The fraction of sp³-hybridized carbons (Fsp3) is 0.214. The van der Waals surface area contributed by atoms with E-state index in [1.54, 1.807) is 24.3 Å². The van der Waals surface area contributed by atoms with Crippen LogP contribution in [0.3, 0.4) is 0 Å². The average molecular weight is 451 g/mol. The highest BCUT2D eigenvalue weighted by Gasteiger charge is 2.74. The van der Waals surface area contributed by atoms with Crippen molar-refractivity contribution < 1.29 is 23.9 Å². The van der Waals surface area contributed by atoms with Crippen LogP contribution in [-0.4, -0.2) is 33.9 Å². The van der Waals surface area contributed by atoms with Gasteiger partial charge in [-0.3, -0.25) is 24.1 Å². The van der Waals surface area contributed by atoms with Crippen LogP contribution in [0.15, 0.2) is 78.9 Å². The predicted octanol–water partition coefficient (Wildman–Crippen LogP) is 3.69. The summed E-state index contributed by atoms with van der Waals surface area (Å²) in [4.78, 5) is 56.1. The van der Waals surface area contributed by atoms with Crippen molar-refractivity contribution in [3.63, 3.8) is 0 Å². The molecule has 3 atom stereocenters. The minimum atomic E-state index is -2.03. The third kappa shape index (κ3) is 2.66. The molecule has 3 aromatic carbocycles. The molecule has 1 spiro atoms. The molecule has 6 rings (SSSR count). The number of ether oxygens (including phenoxy) is 1. The number of fused-ring (bicyclic) bond motifs is 3. The molecule has 0 aromatic heterocycles. The normalized spacial score (nSPS) is 24.7. The van der Waals surface area contributed by atoms with Crippen LogP contribution in [0, 0.1) is 18.8 Å². The summed E-state index contributed by atoms with van der Waals surface area (Å²) in [6.07, 6.45) is -0.885. The first-order chi connectivity index (χ1) is 16.4. The van der Waals surface area contributed by atoms with E-state index in [0.29, 0.717) is 5.56 Å². The van der Waals surface area contributed by atoms with E-state index in [-0.39, 0.29) is 17.7 Å². The van der Waals surface area contributed by atoms with Gasteiger partial charge in [0.05, 0.1) is 24.5 Å². The molecule has 0 N–H and O–H groups in total. The first kappa shape index (κ1) is 20.7. The molecule has 0 radical (unpaired) electrons. The molecule has 34 heavy (non-hydrogen) atoms. The molecule has 2 heterocycles. The van der Waals surface area contributed by atoms with E-state index < -0.39 is 46.9 Å². The number of hydrogen-bond donors (Lipinski definition) is 0. The third-order valence-corrected chi connectivity index (χ3v) is 7.16. The Bertz CT molecular complexity index is 1340. The highest BCUT2D eigenvalue weighted by Crippen LogP contribution is 2.57. The molecule has 3 aliphatic rings. The van der Waals surface area contributed by atoms with Gasteiger partial charge in [0.2, 0.25) is 29.0 Å². The molecule has 1 aliphatic carbocycles. The van der Waals surface area contributed by atoms with E-state index >= 15 is 0 Å². The Morgan fingerprint density at radius 2 is 1.44 bits per heavy atom. The van der Waals surface area contributed by atoms with Gasteiger partial charge in [-0.2, -0.15) is 0 Å². The summed E-state index contributed by atoms with van der Waals surface area (Å²) in [7, 11) is 0. The number of carbonyl (C=O) groups is 4. The summed E-state index contributed by atoms with van der Waals surface area (Å²) >= 11 is 0. The molecule has 2 aliphatic heterocycles. The number of aryl methyl sites for hydroxylation is 1. The number of likely N-dealkylation sites (tertiary alicyclic amines) is 1. The molecule has 0 bridgehead atoms. The zero-order valence-corrected chi connectivity index (χ0v) is 18.4. The molecular weight excluding hydrogens is 430 g/mol. The first-order valence-corrected chi connectivity index (χ1v) is 11.3. The molecular formula is C28H21NO5. The van der Waals surface area contributed by atoms with Crippen molar-refractivity contribution in [3.8, 4) is 0 Å². The van der Waals surface area contributed by atoms with Gasteiger partial charge in [-0.15, -0.1) is 0 Å². The molecule has 0 saturated carbocycles. The maximum atomic E-state index is 13.8. The van der Waals surface area contributed by atoms with E-state index in [2.05, 4.69) is 0 Å². The van der Waals surface area contributed by atoms with Gasteiger partial charge >= 0.3 is 0 Å². The Kier molecular flexibility index (Phi) is 4.44. The Labute approximate surface area is 196 Å². The van der Waals surface area contributed by atoms with Crippen molar-refractivity contribution in [1.29, 1.82) is 0 Å². The van der Waals surface area contributed by atoms with E-state index in [1.807, 2.05) is 61.5 Å². The predicted molar refractivity (Wildman–Crippen MR) is 122 cm³/mol. The van der Waals surface area contributed by atoms with Crippen LogP contribution in [0.2, 0.25) is 0 Å². The molecule has 2 saturated heterocycles. The fourth-order valence-corrected chi connectivity index (χ4v) is 5.65. The number of ketones is 2. The van der Waals surface area contributed by atoms with E-state index in [1.165, 1.54) is 4.90 Å². The molecule has 2 fully saturated rings. The molecule has 2 amide bonds. The molecule has 168 valence electrons. The lowest BCUT2D eigenvalue weighted by Gasteiger charge is -2.27. The van der Waals surface area contributed by atoms with Crippen LogP contribution in [0.4, 0.5) is 0 Å². The van der Waals surface area contributed by atoms with Crippen molar-refractivity contribution in [2.24, 2.45) is 11.8 Å². The Balaban J connectivity index is 1.50. The number of imide groups is 1. The van der Waals surface area contributed by atoms with Crippen molar-refractivity contribution in [3.05, 3.63) is 107 Å². The van der Waals surface area contributed by atoms with Crippen LogP contribution in [0.25, 0.3) is 0 Å². The second-order valence-corrected chi connectivity index (χ2v) is 9.14. The zero-order valence-electron chi connectivity index (χ0n) is 18.4. The average Bonchev–Trinajstić information content (AvgIpc) is 3.41. The lowest BCUT2D eigenvalue weighted by atomic mass is 9.77. The number of carbonyl (C=O) groups excluding carboxylic acids is 4. The van der Waals surface area contributed by atoms with Crippen LogP contribution >= 0.6 is 0 Å². The zero-order chi connectivity index (χ0) is 23.6. The Morgan fingerprint density at radius 1 is 0.794 bits per heavy atom. The lowest BCUT2D eigenvalue weighted by molar-refractivity contribution is -0.145. The van der Waals surface area contributed by atoms with Crippen LogP contribution in [-0.2, 0) is 20.9 Å². The van der Waals surface area contributed by atoms with E-state index in [0.717, 1.165) is 11.1 Å². The SMILES string of the molecule is Cc1cccc([C@H]2OC3(C(=O)c4ccccc4C3=O)[C@@H]3C(=O)N(Cc4ccccc4)C(=O)[C@@H]23)c1. The summed E-state index contributed by atoms with van der Waals surface area (Å²) in [6, 6.07) is 23.1. The maximum Gasteiger partial charge on any atom is 0.237 e. The summed E-state index contributed by atoms with van der Waals surface area (Å²) in [5.74, 6) is -4.20. The van der Waals surface area contributed by atoms with Gasteiger partial charge in [0.25, 0.3) is 0 Å². The number of Topliss-reactive ketones (excluding diaryl/α,β-unsaturated/α-hetero) is 2. The van der Waals surface area contributed by atoms with Crippen LogP contribution in [0.5, 0.6) is 0 Å². The Hall–Kier alpha value is -3.90. The fourth-order valence-electron chi connectivity index (χ4n) is 5.65. The van der Waals surface area contributed by atoms with Gasteiger partial charge in [-0.25, -0.2) is 0 Å². The largest absolute Gasteiger partial charge is 0.349 e. The van der Waals surface area contributed by atoms with Gasteiger partial charge in [0, 0.05) is 11.1 Å². The summed E-state index contributed by atoms with van der Waals surface area (Å²) < 4.78 is 6.30. The number of amides is 2. The van der Waals surface area contributed by atoms with Gasteiger partial charge in [-0.05, 0) is 18.1 Å². The summed E-state index contributed by atoms with van der Waals surface area (Å²) in [5.41, 5.74) is 0.852. The Morgan fingerprint density at radius 3 is 2.09 bits per heavy atom. The molecule has 3 aromatic rings. The minimum Gasteiger partial charge on any atom is -0.349 e. The standard InChI is InChI=1S/C28H21NO5/c1-16-8-7-11-18(14-16)23-21-22(27(33)29(26(21)32)15-17-9-3-2-4-10-17)28(34-23)24(30)19-12-5-6-13-20(19)25(28)31/h2-14,21-23H,15H2,1H3/t21-,22+,23-/m1/s1. The van der Waals surface area contributed by atoms with Crippen molar-refractivity contribution in [2.75, 3.05) is 0 Å². The first-order valence-electron chi connectivity index (χ1n) is 11.3. The van der Waals surface area contributed by atoms with Crippen LogP contribution in [0.1, 0.15) is 43.5 Å². The van der Waals surface area contributed by atoms with Crippen molar-refractivity contribution in [1.82, 2.24) is 4.90 Å². The monoisotopic (exact) mass is 451 g/mol. The number of hydrogen-bond acceptors (Lipinski definition) is 5. The third-order valence-electron chi connectivity index (χ3n) is 7.16. The van der Waals surface area contributed by atoms with Gasteiger partial charge in [-0.1, -0.05) is 84.4 Å². The van der Waals surface area contributed by atoms with Gasteiger partial charge in [0.1, 0.15) is 0 Å². The van der Waals surface area contributed by atoms with E-state index in [9.17, 15) is 19.2 Å². The topological polar surface area (TPSA) is 80.8 Å². The lowest BCUT2D eigenvalue weighted by Crippen LogP contribution is -2.50. The number of rotatable bonds is 3. The van der Waals surface area contributed by atoms with Crippen LogP contribution < -0.4 is 0 Å². The maximum absolute atomic E-state index is 13.8. The summed E-state index contributed by atoms with van der Waals surface area (Å²) in [6.45, 7) is 1.99. The van der Waals surface area contributed by atoms with Gasteiger partial charge < -0.3 is 4.74 Å². The molecule has 0 unspecified atom stereocenters. The number of benzene rings is 3. The van der Waals surface area contributed by atoms with Crippen molar-refractivity contribution in [2.45, 2.75) is 25.2 Å². The number of nitrogens with zero attached hydrogens (tertiary/aromatic N) is 1. The van der Waals surface area contributed by atoms with Crippen molar-refractivity contribution >= 4 is 23.4 Å². The minimum absolute atomic E-state index is 0.0808. The molecule has 6 nitrogen and oxygen atoms in total. The highest BCUT2D eigenvalue weighted by atomic mass is 16.5. The van der Waals surface area contributed by atoms with E-state index in [4.69, 9.17) is 4.74 Å². The highest BCUT2D eigenvalue weighted by molar-refractivity contribution is 6.35. The second-order valence-electron chi connectivity index (χ2n) is 9.14. The van der Waals surface area contributed by atoms with Gasteiger partial charge in [0.15, 0.2) is 0 Å². The summed E-state index contributed by atoms with van der Waals surface area (Å²) in [5, 5.41) is 0. The quantitative estimate of drug-likeness (QED) is 0.448. The smallest absolute Gasteiger partial charge is 0.237 e. The molecule has 6 heteroatoms. The second kappa shape index (κ2) is 7.30.